The van der Waals surface area contributed by atoms with E-state index in [9.17, 15) is 9.90 Å². The van der Waals surface area contributed by atoms with E-state index in [4.69, 9.17) is 16.3 Å². The highest BCUT2D eigenvalue weighted by atomic mass is 35.5. The smallest absolute Gasteiger partial charge is 0.273 e. The fourth-order valence-electron chi connectivity index (χ4n) is 3.71. The van der Waals surface area contributed by atoms with Gasteiger partial charge in [-0.05, 0) is 36.2 Å². The van der Waals surface area contributed by atoms with Gasteiger partial charge in [0.1, 0.15) is 17.1 Å². The fourth-order valence-corrected chi connectivity index (χ4v) is 3.91. The van der Waals surface area contributed by atoms with Crippen LogP contribution in [0.25, 0.3) is 11.3 Å². The van der Waals surface area contributed by atoms with Crippen LogP contribution in [0.3, 0.4) is 0 Å². The number of fused-ring (bicyclic) bond motifs is 1. The second-order valence-electron chi connectivity index (χ2n) is 6.68. The molecule has 7 heteroatoms. The number of benzene rings is 2. The molecule has 0 fully saturated rings. The number of hydrogen-bond acceptors (Lipinski definition) is 4. The summed E-state index contributed by atoms with van der Waals surface area (Å²) in [5, 5.41) is 18.2. The molecule has 0 saturated heterocycles. The molecule has 1 aliphatic rings. The molecule has 0 radical (unpaired) electrons. The number of aromatic hydroxyl groups is 1. The summed E-state index contributed by atoms with van der Waals surface area (Å²) < 4.78 is 5.15. The molecule has 2 N–H and O–H groups in total. The Kier molecular flexibility index (Phi) is 5.07. The first kappa shape index (κ1) is 18.5. The second kappa shape index (κ2) is 7.66. The maximum atomic E-state index is 13.1. The number of aromatic nitrogens is 2. The number of methoxy groups -OCH3 is 1. The van der Waals surface area contributed by atoms with E-state index in [1.807, 2.05) is 24.3 Å². The van der Waals surface area contributed by atoms with Crippen LogP contribution in [0.15, 0.2) is 48.5 Å². The van der Waals surface area contributed by atoms with Gasteiger partial charge in [0.15, 0.2) is 0 Å². The van der Waals surface area contributed by atoms with Gasteiger partial charge in [-0.3, -0.25) is 9.89 Å². The Morgan fingerprint density at radius 2 is 2.07 bits per heavy atom. The van der Waals surface area contributed by atoms with Gasteiger partial charge in [-0.1, -0.05) is 35.9 Å². The molecular weight excluding hydrogens is 378 g/mol. The van der Waals surface area contributed by atoms with Crippen molar-refractivity contribution in [2.45, 2.75) is 12.5 Å². The van der Waals surface area contributed by atoms with Crippen molar-refractivity contribution in [3.63, 3.8) is 0 Å². The molecule has 0 spiro atoms. The summed E-state index contributed by atoms with van der Waals surface area (Å²) in [4.78, 5) is 14.9. The van der Waals surface area contributed by atoms with E-state index in [0.29, 0.717) is 41.5 Å². The number of carbonyl (C=O) groups excluding carboxylic acids is 1. The Hall–Kier alpha value is -2.83. The number of phenolic OH excluding ortho intramolecular Hbond substituents is 1. The molecule has 1 aliphatic heterocycles. The van der Waals surface area contributed by atoms with Crippen molar-refractivity contribution >= 4 is 17.5 Å². The molecule has 1 amide bonds. The normalized spacial score (nSPS) is 15.9. The first-order chi connectivity index (χ1) is 13.6. The molecule has 1 aromatic heterocycles. The number of rotatable bonds is 6. The molecule has 1 atom stereocenters. The lowest BCUT2D eigenvalue weighted by molar-refractivity contribution is 0.0723. The molecule has 2 heterocycles. The zero-order valence-electron chi connectivity index (χ0n) is 15.4. The first-order valence-electron chi connectivity index (χ1n) is 9.03. The lowest BCUT2D eigenvalue weighted by Crippen LogP contribution is -2.31. The molecule has 0 saturated carbocycles. The van der Waals surface area contributed by atoms with E-state index in [2.05, 4.69) is 10.2 Å². The molecule has 6 nitrogen and oxygen atoms in total. The van der Waals surface area contributed by atoms with Gasteiger partial charge in [0.25, 0.3) is 5.91 Å². The van der Waals surface area contributed by atoms with E-state index in [1.165, 1.54) is 0 Å². The first-order valence-corrected chi connectivity index (χ1v) is 9.41. The summed E-state index contributed by atoms with van der Waals surface area (Å²) in [5.74, 6) is -0.00262. The van der Waals surface area contributed by atoms with E-state index >= 15 is 0 Å². The maximum absolute atomic E-state index is 13.1. The van der Waals surface area contributed by atoms with Crippen LogP contribution in [0.1, 0.15) is 34.1 Å². The van der Waals surface area contributed by atoms with Gasteiger partial charge >= 0.3 is 0 Å². The Morgan fingerprint density at radius 3 is 2.82 bits per heavy atom. The van der Waals surface area contributed by atoms with E-state index < -0.39 is 0 Å². The molecule has 0 aliphatic carbocycles. The van der Waals surface area contributed by atoms with Crippen molar-refractivity contribution in [2.24, 2.45) is 0 Å². The summed E-state index contributed by atoms with van der Waals surface area (Å²) in [6.45, 7) is 1.09. The van der Waals surface area contributed by atoms with Gasteiger partial charge in [0.2, 0.25) is 0 Å². The third kappa shape index (κ3) is 3.15. The number of para-hydroxylation sites is 1. The molecular formula is C21H20ClN3O3. The zero-order chi connectivity index (χ0) is 19.7. The van der Waals surface area contributed by atoms with Gasteiger partial charge in [-0.25, -0.2) is 0 Å². The van der Waals surface area contributed by atoms with E-state index in [-0.39, 0.29) is 17.7 Å². The van der Waals surface area contributed by atoms with Crippen LogP contribution in [-0.2, 0) is 4.74 Å². The molecule has 0 bridgehead atoms. The van der Waals surface area contributed by atoms with Crippen LogP contribution in [0.2, 0.25) is 5.02 Å². The van der Waals surface area contributed by atoms with Gasteiger partial charge < -0.3 is 14.7 Å². The van der Waals surface area contributed by atoms with Crippen LogP contribution in [0.5, 0.6) is 5.75 Å². The van der Waals surface area contributed by atoms with Crippen LogP contribution in [0, 0.1) is 0 Å². The van der Waals surface area contributed by atoms with Crippen molar-refractivity contribution < 1.29 is 14.6 Å². The SMILES string of the molecule is COCCCN1C(=O)c2[nH]nc(-c3ccccc3O)c2C1c1cccc(Cl)c1. The predicted molar refractivity (Wildman–Crippen MR) is 107 cm³/mol. The highest BCUT2D eigenvalue weighted by Crippen LogP contribution is 2.44. The van der Waals surface area contributed by atoms with Crippen molar-refractivity contribution in [1.82, 2.24) is 15.1 Å². The molecule has 4 rings (SSSR count). The Labute approximate surface area is 167 Å². The van der Waals surface area contributed by atoms with Gasteiger partial charge in [-0.15, -0.1) is 0 Å². The van der Waals surface area contributed by atoms with Crippen molar-refractivity contribution in [3.8, 4) is 17.0 Å². The predicted octanol–water partition coefficient (Wildman–Crippen LogP) is 4.02. The topological polar surface area (TPSA) is 78.5 Å². The Bertz CT molecular complexity index is 1020. The number of ether oxygens (including phenoxy) is 1. The number of H-pyrrole nitrogens is 1. The average Bonchev–Trinajstić information content (AvgIpc) is 3.22. The van der Waals surface area contributed by atoms with Crippen LogP contribution in [0.4, 0.5) is 0 Å². The second-order valence-corrected chi connectivity index (χ2v) is 7.12. The third-order valence-electron chi connectivity index (χ3n) is 4.93. The summed E-state index contributed by atoms with van der Waals surface area (Å²) in [7, 11) is 1.64. The minimum Gasteiger partial charge on any atom is -0.507 e. The summed E-state index contributed by atoms with van der Waals surface area (Å²) in [5.41, 5.74) is 3.25. The number of phenols is 1. The third-order valence-corrected chi connectivity index (χ3v) is 5.17. The quantitative estimate of drug-likeness (QED) is 0.616. The highest BCUT2D eigenvalue weighted by molar-refractivity contribution is 6.30. The number of amides is 1. The molecule has 3 aromatic rings. The summed E-state index contributed by atoms with van der Waals surface area (Å²) >= 11 is 6.23. The molecule has 144 valence electrons. The number of carbonyl (C=O) groups is 1. The van der Waals surface area contributed by atoms with Gasteiger partial charge in [0.05, 0.1) is 6.04 Å². The molecule has 2 aromatic carbocycles. The minimum absolute atomic E-state index is 0.118. The minimum atomic E-state index is -0.341. The summed E-state index contributed by atoms with van der Waals surface area (Å²) in [6, 6.07) is 14.1. The number of nitrogens with one attached hydrogen (secondary N) is 1. The number of halogens is 1. The van der Waals surface area contributed by atoms with E-state index in [1.54, 1.807) is 36.3 Å². The number of aromatic amines is 1. The monoisotopic (exact) mass is 397 g/mol. The standard InChI is InChI=1S/C21H20ClN3O3/c1-28-11-5-10-25-20(13-6-4-7-14(22)12-13)17-18(23-24-19(17)21(25)27)15-8-2-3-9-16(15)26/h2-4,6-9,12,20,26H,5,10-11H2,1H3,(H,23,24). The lowest BCUT2D eigenvalue weighted by Gasteiger charge is -2.26. The Balaban J connectivity index is 1.85. The highest BCUT2D eigenvalue weighted by Gasteiger charge is 2.42. The zero-order valence-corrected chi connectivity index (χ0v) is 16.1. The molecule has 28 heavy (non-hydrogen) atoms. The number of nitrogens with zero attached hydrogens (tertiary/aromatic N) is 2. The van der Waals surface area contributed by atoms with Crippen LogP contribution >= 0.6 is 11.6 Å². The van der Waals surface area contributed by atoms with Crippen molar-refractivity contribution in [1.29, 1.82) is 0 Å². The van der Waals surface area contributed by atoms with Crippen molar-refractivity contribution in [3.05, 3.63) is 70.4 Å². The van der Waals surface area contributed by atoms with Gasteiger partial charge in [0, 0.05) is 36.4 Å². The average molecular weight is 398 g/mol. The van der Waals surface area contributed by atoms with Crippen LogP contribution < -0.4 is 0 Å². The maximum Gasteiger partial charge on any atom is 0.273 e. The van der Waals surface area contributed by atoms with E-state index in [0.717, 1.165) is 11.1 Å². The fraction of sp³-hybridized carbons (Fsp3) is 0.238. The molecule has 1 unspecified atom stereocenters. The van der Waals surface area contributed by atoms with Crippen molar-refractivity contribution in [2.75, 3.05) is 20.3 Å². The largest absolute Gasteiger partial charge is 0.507 e. The summed E-state index contributed by atoms with van der Waals surface area (Å²) in [6.07, 6.45) is 0.711. The van der Waals surface area contributed by atoms with Crippen LogP contribution in [-0.4, -0.2) is 46.4 Å². The lowest BCUT2D eigenvalue weighted by atomic mass is 9.95. The van der Waals surface area contributed by atoms with Gasteiger partial charge in [-0.2, -0.15) is 5.10 Å². The number of hydrogen-bond donors (Lipinski definition) is 2. The Morgan fingerprint density at radius 1 is 1.25 bits per heavy atom.